The zero-order valence-corrected chi connectivity index (χ0v) is 9.45. The maximum atomic E-state index is 9.21. The van der Waals surface area contributed by atoms with Crippen molar-refractivity contribution in [2.45, 2.75) is 25.4 Å². The fraction of sp³-hybridized carbons (Fsp3) is 0.500. The molecule has 15 heavy (non-hydrogen) atoms. The average molecular weight is 226 g/mol. The third kappa shape index (κ3) is 2.51. The van der Waals surface area contributed by atoms with E-state index in [4.69, 9.17) is 11.6 Å². The largest absolute Gasteiger partial charge is 0.395 e. The van der Waals surface area contributed by atoms with Crippen LogP contribution >= 0.6 is 11.6 Å². The van der Waals surface area contributed by atoms with Gasteiger partial charge in [-0.3, -0.25) is 4.90 Å². The van der Waals surface area contributed by atoms with E-state index in [1.54, 1.807) is 0 Å². The lowest BCUT2D eigenvalue weighted by Gasteiger charge is -2.23. The molecule has 82 valence electrons. The van der Waals surface area contributed by atoms with E-state index in [9.17, 15) is 5.11 Å². The van der Waals surface area contributed by atoms with E-state index in [0.29, 0.717) is 6.04 Å². The van der Waals surface area contributed by atoms with E-state index in [1.165, 1.54) is 6.42 Å². The van der Waals surface area contributed by atoms with Crippen LogP contribution in [0.15, 0.2) is 24.3 Å². The first-order chi connectivity index (χ1) is 7.31. The maximum absolute atomic E-state index is 9.21. The summed E-state index contributed by atoms with van der Waals surface area (Å²) >= 11 is 6.10. The van der Waals surface area contributed by atoms with Crippen molar-refractivity contribution >= 4 is 11.6 Å². The molecule has 0 radical (unpaired) electrons. The summed E-state index contributed by atoms with van der Waals surface area (Å²) in [5.74, 6) is 0. The number of likely N-dealkylation sites (tertiary alicyclic amines) is 1. The summed E-state index contributed by atoms with van der Waals surface area (Å²) in [7, 11) is 0. The zero-order chi connectivity index (χ0) is 10.7. The van der Waals surface area contributed by atoms with E-state index in [0.717, 1.165) is 30.1 Å². The first-order valence-corrected chi connectivity index (χ1v) is 5.77. The Labute approximate surface area is 95.5 Å². The number of aliphatic hydroxyl groups excluding tert-OH is 1. The lowest BCUT2D eigenvalue weighted by atomic mass is 10.2. The highest BCUT2D eigenvalue weighted by molar-refractivity contribution is 6.31. The molecule has 3 heteroatoms. The smallest absolute Gasteiger partial charge is 0.0587 e. The molecule has 0 unspecified atom stereocenters. The van der Waals surface area contributed by atoms with E-state index in [-0.39, 0.29) is 6.61 Å². The molecular formula is C12H16ClNO. The van der Waals surface area contributed by atoms with Gasteiger partial charge in [-0.15, -0.1) is 0 Å². The molecule has 1 aliphatic heterocycles. The molecule has 0 spiro atoms. The average Bonchev–Trinajstić information content (AvgIpc) is 2.69. The van der Waals surface area contributed by atoms with Crippen molar-refractivity contribution in [1.82, 2.24) is 4.90 Å². The molecule has 1 aliphatic rings. The Bertz CT molecular complexity index is 329. The zero-order valence-electron chi connectivity index (χ0n) is 8.69. The molecule has 1 aromatic carbocycles. The number of aliphatic hydroxyl groups is 1. The molecule has 1 atom stereocenters. The van der Waals surface area contributed by atoms with Gasteiger partial charge in [0.25, 0.3) is 0 Å². The second-order valence-corrected chi connectivity index (χ2v) is 4.45. The molecule has 1 fully saturated rings. The van der Waals surface area contributed by atoms with Gasteiger partial charge in [0.05, 0.1) is 6.61 Å². The number of halogens is 1. The van der Waals surface area contributed by atoms with Gasteiger partial charge in [0.1, 0.15) is 0 Å². The molecular weight excluding hydrogens is 210 g/mol. The Morgan fingerprint density at radius 2 is 2.20 bits per heavy atom. The van der Waals surface area contributed by atoms with Crippen molar-refractivity contribution in [2.75, 3.05) is 13.2 Å². The quantitative estimate of drug-likeness (QED) is 0.854. The van der Waals surface area contributed by atoms with Crippen LogP contribution in [0.4, 0.5) is 0 Å². The van der Waals surface area contributed by atoms with Gasteiger partial charge < -0.3 is 5.11 Å². The van der Waals surface area contributed by atoms with Crippen LogP contribution in [-0.4, -0.2) is 29.2 Å². The summed E-state index contributed by atoms with van der Waals surface area (Å²) in [6.07, 6.45) is 2.27. The van der Waals surface area contributed by atoms with Crippen molar-refractivity contribution < 1.29 is 5.11 Å². The van der Waals surface area contributed by atoms with Crippen molar-refractivity contribution in [3.63, 3.8) is 0 Å². The molecule has 2 rings (SSSR count). The minimum atomic E-state index is 0.254. The van der Waals surface area contributed by atoms with Crippen LogP contribution in [0, 0.1) is 0 Å². The fourth-order valence-corrected chi connectivity index (χ4v) is 2.35. The molecule has 0 amide bonds. The van der Waals surface area contributed by atoms with Gasteiger partial charge in [0.2, 0.25) is 0 Å². The lowest BCUT2D eigenvalue weighted by molar-refractivity contribution is 0.153. The molecule has 0 aromatic heterocycles. The summed E-state index contributed by atoms with van der Waals surface area (Å²) in [6, 6.07) is 8.24. The number of hydrogen-bond donors (Lipinski definition) is 1. The standard InChI is InChI=1S/C12H16ClNO/c13-12-6-2-1-4-10(12)8-14-7-3-5-11(14)9-15/h1-2,4,6,11,15H,3,5,7-9H2/t11-/m0/s1. The summed E-state index contributed by atoms with van der Waals surface area (Å²) in [5, 5.41) is 10.0. The molecule has 0 bridgehead atoms. The van der Waals surface area contributed by atoms with Crippen molar-refractivity contribution in [1.29, 1.82) is 0 Å². The second-order valence-electron chi connectivity index (χ2n) is 4.04. The van der Waals surface area contributed by atoms with Gasteiger partial charge >= 0.3 is 0 Å². The Kier molecular flexibility index (Phi) is 3.62. The highest BCUT2D eigenvalue weighted by Crippen LogP contribution is 2.23. The fourth-order valence-electron chi connectivity index (χ4n) is 2.16. The second kappa shape index (κ2) is 4.97. The monoisotopic (exact) mass is 225 g/mol. The van der Waals surface area contributed by atoms with Gasteiger partial charge in [0.15, 0.2) is 0 Å². The minimum absolute atomic E-state index is 0.254. The Balaban J connectivity index is 2.05. The normalized spacial score (nSPS) is 22.1. The molecule has 2 nitrogen and oxygen atoms in total. The van der Waals surface area contributed by atoms with E-state index in [2.05, 4.69) is 11.0 Å². The number of benzene rings is 1. The third-order valence-electron chi connectivity index (χ3n) is 3.04. The Morgan fingerprint density at radius 3 is 2.93 bits per heavy atom. The van der Waals surface area contributed by atoms with Crippen molar-refractivity contribution in [3.8, 4) is 0 Å². The highest BCUT2D eigenvalue weighted by Gasteiger charge is 2.23. The van der Waals surface area contributed by atoms with Gasteiger partial charge in [-0.25, -0.2) is 0 Å². The van der Waals surface area contributed by atoms with Crippen LogP contribution in [0.5, 0.6) is 0 Å². The molecule has 0 saturated carbocycles. The highest BCUT2D eigenvalue weighted by atomic mass is 35.5. The van der Waals surface area contributed by atoms with Crippen molar-refractivity contribution in [2.24, 2.45) is 0 Å². The minimum Gasteiger partial charge on any atom is -0.395 e. The van der Waals surface area contributed by atoms with Gasteiger partial charge in [-0.2, -0.15) is 0 Å². The molecule has 1 heterocycles. The number of rotatable bonds is 3. The molecule has 1 aromatic rings. The van der Waals surface area contributed by atoms with Gasteiger partial charge in [-0.05, 0) is 31.0 Å². The summed E-state index contributed by atoms with van der Waals surface area (Å²) in [5.41, 5.74) is 1.15. The predicted molar refractivity (Wildman–Crippen MR) is 62.0 cm³/mol. The van der Waals surface area contributed by atoms with Gasteiger partial charge in [-0.1, -0.05) is 29.8 Å². The predicted octanol–water partition coefficient (Wildman–Crippen LogP) is 2.30. The SMILES string of the molecule is OC[C@@H]1CCCN1Cc1ccccc1Cl. The van der Waals surface area contributed by atoms with Crippen LogP contribution in [0.3, 0.4) is 0 Å². The summed E-state index contributed by atoms with van der Waals surface area (Å²) in [4.78, 5) is 2.31. The maximum Gasteiger partial charge on any atom is 0.0587 e. The summed E-state index contributed by atoms with van der Waals surface area (Å²) in [6.45, 7) is 2.17. The molecule has 1 N–H and O–H groups in total. The Hall–Kier alpha value is -0.570. The van der Waals surface area contributed by atoms with E-state index >= 15 is 0 Å². The molecule has 1 saturated heterocycles. The topological polar surface area (TPSA) is 23.5 Å². The van der Waals surface area contributed by atoms with Gasteiger partial charge in [0, 0.05) is 17.6 Å². The number of hydrogen-bond acceptors (Lipinski definition) is 2. The summed E-state index contributed by atoms with van der Waals surface area (Å²) < 4.78 is 0. The van der Waals surface area contributed by atoms with Crippen LogP contribution in [-0.2, 0) is 6.54 Å². The van der Waals surface area contributed by atoms with E-state index < -0.39 is 0 Å². The first-order valence-electron chi connectivity index (χ1n) is 5.39. The van der Waals surface area contributed by atoms with Crippen LogP contribution in [0.25, 0.3) is 0 Å². The lowest BCUT2D eigenvalue weighted by Crippen LogP contribution is -2.31. The van der Waals surface area contributed by atoms with E-state index in [1.807, 2.05) is 18.2 Å². The van der Waals surface area contributed by atoms with Crippen LogP contribution in [0.1, 0.15) is 18.4 Å². The Morgan fingerprint density at radius 1 is 1.40 bits per heavy atom. The van der Waals surface area contributed by atoms with Crippen LogP contribution in [0.2, 0.25) is 5.02 Å². The third-order valence-corrected chi connectivity index (χ3v) is 3.41. The molecule has 0 aliphatic carbocycles. The van der Waals surface area contributed by atoms with Crippen LogP contribution < -0.4 is 0 Å². The first kappa shape index (κ1) is 10.9. The van der Waals surface area contributed by atoms with Crippen molar-refractivity contribution in [3.05, 3.63) is 34.9 Å². The number of nitrogens with zero attached hydrogens (tertiary/aromatic N) is 1.